The van der Waals surface area contributed by atoms with Gasteiger partial charge in [-0.2, -0.15) is 0 Å². The van der Waals surface area contributed by atoms with Crippen LogP contribution in [0, 0.1) is 5.41 Å². The molecule has 1 saturated carbocycles. The number of hydrogen-bond donors (Lipinski definition) is 2. The number of nitrogens with one attached hydrogen (secondary N) is 1. The standard InChI is InChI=1S/C16H23ClN2O2/c1-11(2)13-7-12(8-14(17)19-13)15(21)18-9-16(10-20)5-3-4-6-16/h7-8,11,20H,3-6,9-10H2,1-2H3,(H,18,21). The lowest BCUT2D eigenvalue weighted by molar-refractivity contribution is 0.0880. The molecular formula is C16H23ClN2O2. The van der Waals surface area contributed by atoms with E-state index in [9.17, 15) is 9.90 Å². The highest BCUT2D eigenvalue weighted by Crippen LogP contribution is 2.36. The van der Waals surface area contributed by atoms with Gasteiger partial charge in [-0.15, -0.1) is 0 Å². The third kappa shape index (κ3) is 3.95. The molecule has 21 heavy (non-hydrogen) atoms. The maximum atomic E-state index is 12.3. The second-order valence-electron chi connectivity index (χ2n) is 6.31. The molecule has 0 radical (unpaired) electrons. The molecule has 1 amide bonds. The fraction of sp³-hybridized carbons (Fsp3) is 0.625. The summed E-state index contributed by atoms with van der Waals surface area (Å²) in [7, 11) is 0. The predicted molar refractivity (Wildman–Crippen MR) is 83.7 cm³/mol. The molecule has 5 heteroatoms. The number of carbonyl (C=O) groups excluding carboxylic acids is 1. The SMILES string of the molecule is CC(C)c1cc(C(=O)NCC2(CO)CCCC2)cc(Cl)n1. The maximum Gasteiger partial charge on any atom is 0.251 e. The fourth-order valence-corrected chi connectivity index (χ4v) is 3.04. The van der Waals surface area contributed by atoms with Crippen LogP contribution in [0.4, 0.5) is 0 Å². The number of pyridine rings is 1. The Morgan fingerprint density at radius 2 is 2.10 bits per heavy atom. The van der Waals surface area contributed by atoms with Crippen molar-refractivity contribution >= 4 is 17.5 Å². The molecule has 0 atom stereocenters. The molecule has 0 bridgehead atoms. The maximum absolute atomic E-state index is 12.3. The quantitative estimate of drug-likeness (QED) is 0.821. The molecule has 1 fully saturated rings. The lowest BCUT2D eigenvalue weighted by atomic mass is 9.87. The van der Waals surface area contributed by atoms with Crippen molar-refractivity contribution in [1.82, 2.24) is 10.3 Å². The normalized spacial score (nSPS) is 17.2. The lowest BCUT2D eigenvalue weighted by Gasteiger charge is -2.26. The summed E-state index contributed by atoms with van der Waals surface area (Å²) in [6, 6.07) is 3.37. The van der Waals surface area contributed by atoms with E-state index >= 15 is 0 Å². The predicted octanol–water partition coefficient (Wildman–Crippen LogP) is 3.14. The van der Waals surface area contributed by atoms with Gasteiger partial charge in [-0.1, -0.05) is 38.3 Å². The van der Waals surface area contributed by atoms with Crippen LogP contribution in [0.25, 0.3) is 0 Å². The molecule has 4 nitrogen and oxygen atoms in total. The minimum atomic E-state index is -0.152. The van der Waals surface area contributed by atoms with Crippen LogP contribution in [0.2, 0.25) is 5.15 Å². The minimum absolute atomic E-state index is 0.127. The monoisotopic (exact) mass is 310 g/mol. The van der Waals surface area contributed by atoms with Gasteiger partial charge in [0.1, 0.15) is 5.15 Å². The number of hydrogen-bond acceptors (Lipinski definition) is 3. The fourth-order valence-electron chi connectivity index (χ4n) is 2.83. The molecule has 2 rings (SSSR count). The highest BCUT2D eigenvalue weighted by Gasteiger charge is 2.33. The smallest absolute Gasteiger partial charge is 0.251 e. The topological polar surface area (TPSA) is 62.2 Å². The van der Waals surface area contributed by atoms with Crippen LogP contribution >= 0.6 is 11.6 Å². The van der Waals surface area contributed by atoms with E-state index in [0.29, 0.717) is 17.3 Å². The van der Waals surface area contributed by atoms with Gasteiger partial charge in [-0.05, 0) is 30.9 Å². The number of amides is 1. The molecule has 1 aromatic rings. The molecule has 1 aliphatic rings. The number of aliphatic hydroxyl groups is 1. The summed E-state index contributed by atoms with van der Waals surface area (Å²) in [6.07, 6.45) is 4.18. The van der Waals surface area contributed by atoms with E-state index in [0.717, 1.165) is 31.4 Å². The van der Waals surface area contributed by atoms with E-state index in [-0.39, 0.29) is 23.8 Å². The van der Waals surface area contributed by atoms with Gasteiger partial charge in [0.15, 0.2) is 0 Å². The van der Waals surface area contributed by atoms with Crippen molar-refractivity contribution in [3.05, 3.63) is 28.5 Å². The zero-order valence-electron chi connectivity index (χ0n) is 12.7. The van der Waals surface area contributed by atoms with Crippen molar-refractivity contribution in [2.75, 3.05) is 13.2 Å². The van der Waals surface area contributed by atoms with E-state index in [1.807, 2.05) is 13.8 Å². The van der Waals surface area contributed by atoms with Gasteiger partial charge in [0.25, 0.3) is 5.91 Å². The Bertz CT molecular complexity index is 511. The molecule has 0 spiro atoms. The second kappa shape index (κ2) is 6.75. The van der Waals surface area contributed by atoms with Gasteiger partial charge >= 0.3 is 0 Å². The zero-order chi connectivity index (χ0) is 15.5. The average Bonchev–Trinajstić information content (AvgIpc) is 2.93. The molecule has 2 N–H and O–H groups in total. The molecule has 1 aliphatic carbocycles. The van der Waals surface area contributed by atoms with Crippen LogP contribution in [-0.2, 0) is 0 Å². The van der Waals surface area contributed by atoms with Gasteiger partial charge in [0.05, 0.1) is 6.61 Å². The van der Waals surface area contributed by atoms with E-state index in [4.69, 9.17) is 11.6 Å². The summed E-state index contributed by atoms with van der Waals surface area (Å²) in [5, 5.41) is 12.9. The molecule has 0 saturated heterocycles. The Balaban J connectivity index is 2.06. The molecule has 0 unspecified atom stereocenters. The Hall–Kier alpha value is -1.13. The third-order valence-electron chi connectivity index (χ3n) is 4.29. The number of rotatable bonds is 5. The summed E-state index contributed by atoms with van der Waals surface area (Å²) in [6.45, 7) is 4.67. The largest absolute Gasteiger partial charge is 0.396 e. The first-order valence-electron chi connectivity index (χ1n) is 7.52. The van der Waals surface area contributed by atoms with Crippen molar-refractivity contribution in [2.45, 2.75) is 45.4 Å². The van der Waals surface area contributed by atoms with Crippen molar-refractivity contribution in [2.24, 2.45) is 5.41 Å². The number of carbonyl (C=O) groups is 1. The van der Waals surface area contributed by atoms with Gasteiger partial charge in [-0.25, -0.2) is 4.98 Å². The molecule has 0 aliphatic heterocycles. The number of nitrogens with zero attached hydrogens (tertiary/aromatic N) is 1. The molecule has 1 aromatic heterocycles. The Morgan fingerprint density at radius 3 is 2.67 bits per heavy atom. The summed E-state index contributed by atoms with van der Waals surface area (Å²) in [5.41, 5.74) is 1.20. The lowest BCUT2D eigenvalue weighted by Crippen LogP contribution is -2.38. The van der Waals surface area contributed by atoms with Crippen LogP contribution in [0.3, 0.4) is 0 Å². The van der Waals surface area contributed by atoms with E-state index < -0.39 is 0 Å². The molecule has 116 valence electrons. The number of aliphatic hydroxyl groups excluding tert-OH is 1. The summed E-state index contributed by atoms with van der Waals surface area (Å²) in [4.78, 5) is 16.5. The highest BCUT2D eigenvalue weighted by atomic mass is 35.5. The van der Waals surface area contributed by atoms with Crippen molar-refractivity contribution in [3.8, 4) is 0 Å². The second-order valence-corrected chi connectivity index (χ2v) is 6.69. The van der Waals surface area contributed by atoms with Crippen molar-refractivity contribution in [3.63, 3.8) is 0 Å². The Kier molecular flexibility index (Phi) is 5.22. The van der Waals surface area contributed by atoms with Crippen LogP contribution in [0.1, 0.15) is 61.5 Å². The number of aromatic nitrogens is 1. The summed E-state index contributed by atoms with van der Waals surface area (Å²) < 4.78 is 0. The minimum Gasteiger partial charge on any atom is -0.396 e. The van der Waals surface area contributed by atoms with E-state index in [1.54, 1.807) is 12.1 Å². The Morgan fingerprint density at radius 1 is 1.43 bits per heavy atom. The van der Waals surface area contributed by atoms with Crippen molar-refractivity contribution < 1.29 is 9.90 Å². The van der Waals surface area contributed by atoms with Crippen LogP contribution in [0.5, 0.6) is 0 Å². The van der Waals surface area contributed by atoms with Gasteiger partial charge in [-0.3, -0.25) is 4.79 Å². The van der Waals surface area contributed by atoms with Gasteiger partial charge < -0.3 is 10.4 Å². The highest BCUT2D eigenvalue weighted by molar-refractivity contribution is 6.29. The Labute approximate surface area is 130 Å². The average molecular weight is 311 g/mol. The van der Waals surface area contributed by atoms with Gasteiger partial charge in [0, 0.05) is 23.2 Å². The van der Waals surface area contributed by atoms with E-state index in [1.165, 1.54) is 0 Å². The zero-order valence-corrected chi connectivity index (χ0v) is 13.4. The summed E-state index contributed by atoms with van der Waals surface area (Å²) >= 11 is 5.99. The van der Waals surface area contributed by atoms with Gasteiger partial charge in [0.2, 0.25) is 0 Å². The number of halogens is 1. The third-order valence-corrected chi connectivity index (χ3v) is 4.48. The van der Waals surface area contributed by atoms with Crippen LogP contribution in [-0.4, -0.2) is 29.1 Å². The first-order valence-corrected chi connectivity index (χ1v) is 7.90. The molecule has 1 heterocycles. The van der Waals surface area contributed by atoms with Crippen molar-refractivity contribution in [1.29, 1.82) is 0 Å². The van der Waals surface area contributed by atoms with Crippen LogP contribution < -0.4 is 5.32 Å². The van der Waals surface area contributed by atoms with Crippen LogP contribution in [0.15, 0.2) is 12.1 Å². The molecular weight excluding hydrogens is 288 g/mol. The summed E-state index contributed by atoms with van der Waals surface area (Å²) in [5.74, 6) is 0.0646. The first kappa shape index (κ1) is 16.2. The molecule has 0 aromatic carbocycles. The first-order chi connectivity index (χ1) is 9.96. The van der Waals surface area contributed by atoms with E-state index in [2.05, 4.69) is 10.3 Å².